The minimum Gasteiger partial charge on any atom is -0.339 e. The van der Waals surface area contributed by atoms with Crippen LogP contribution < -0.4 is 0 Å². The summed E-state index contributed by atoms with van der Waals surface area (Å²) in [5.74, 6) is 2.14. The summed E-state index contributed by atoms with van der Waals surface area (Å²) >= 11 is 6.42. The molecule has 1 saturated heterocycles. The van der Waals surface area contributed by atoms with E-state index < -0.39 is 0 Å². The van der Waals surface area contributed by atoms with Crippen LogP contribution >= 0.6 is 11.6 Å². The van der Waals surface area contributed by atoms with Gasteiger partial charge in [-0.15, -0.1) is 0 Å². The van der Waals surface area contributed by atoms with Crippen LogP contribution in [-0.4, -0.2) is 37.9 Å². The standard InChI is InChI=1S/C16H22ClN5O/c1-10-14(17)13(19-21(10)3)8-22-7-12-5-4-6-16(12,9-22)15-18-11(2)20-23-15/h12H,4-9H2,1-3H3/t12-,16-/m0/s1. The number of likely N-dealkylation sites (tertiary alicyclic amines) is 1. The molecule has 2 fully saturated rings. The summed E-state index contributed by atoms with van der Waals surface area (Å²) < 4.78 is 7.42. The highest BCUT2D eigenvalue weighted by Gasteiger charge is 2.54. The summed E-state index contributed by atoms with van der Waals surface area (Å²) in [6.45, 7) is 6.67. The molecule has 1 aliphatic carbocycles. The van der Waals surface area contributed by atoms with Crippen molar-refractivity contribution in [1.29, 1.82) is 0 Å². The number of aryl methyl sites for hydroxylation is 2. The van der Waals surface area contributed by atoms with Crippen molar-refractivity contribution in [2.45, 2.75) is 45.1 Å². The highest BCUT2D eigenvalue weighted by atomic mass is 35.5. The molecule has 0 bridgehead atoms. The minimum atomic E-state index is 0.0254. The number of aromatic nitrogens is 4. The Morgan fingerprint density at radius 1 is 1.39 bits per heavy atom. The van der Waals surface area contributed by atoms with Gasteiger partial charge in [0.1, 0.15) is 0 Å². The van der Waals surface area contributed by atoms with E-state index >= 15 is 0 Å². The monoisotopic (exact) mass is 335 g/mol. The van der Waals surface area contributed by atoms with Crippen LogP contribution in [-0.2, 0) is 19.0 Å². The summed E-state index contributed by atoms with van der Waals surface area (Å²) in [5, 5.41) is 9.36. The van der Waals surface area contributed by atoms with E-state index in [1.54, 1.807) is 0 Å². The number of nitrogens with zero attached hydrogens (tertiary/aromatic N) is 5. The molecule has 23 heavy (non-hydrogen) atoms. The highest BCUT2D eigenvalue weighted by Crippen LogP contribution is 2.50. The Labute approximate surface area is 140 Å². The minimum absolute atomic E-state index is 0.0254. The fraction of sp³-hybridized carbons (Fsp3) is 0.688. The van der Waals surface area contributed by atoms with Gasteiger partial charge >= 0.3 is 0 Å². The molecule has 0 radical (unpaired) electrons. The van der Waals surface area contributed by atoms with Gasteiger partial charge in [0.2, 0.25) is 5.89 Å². The molecule has 1 aliphatic heterocycles. The summed E-state index contributed by atoms with van der Waals surface area (Å²) in [5.41, 5.74) is 2.00. The molecule has 3 heterocycles. The van der Waals surface area contributed by atoms with Crippen molar-refractivity contribution in [3.05, 3.63) is 28.1 Å². The quantitative estimate of drug-likeness (QED) is 0.863. The van der Waals surface area contributed by atoms with E-state index in [1.807, 2.05) is 25.6 Å². The Hall–Kier alpha value is -1.40. The molecule has 2 aliphatic rings. The Morgan fingerprint density at radius 3 is 2.87 bits per heavy atom. The predicted octanol–water partition coefficient (Wildman–Crippen LogP) is 2.63. The van der Waals surface area contributed by atoms with Crippen LogP contribution in [0.2, 0.25) is 5.02 Å². The molecule has 0 aromatic carbocycles. The van der Waals surface area contributed by atoms with Gasteiger partial charge in [-0.25, -0.2) is 0 Å². The molecule has 2 aromatic heterocycles. The van der Waals surface area contributed by atoms with E-state index in [0.717, 1.165) is 54.2 Å². The van der Waals surface area contributed by atoms with Gasteiger partial charge in [-0.3, -0.25) is 9.58 Å². The van der Waals surface area contributed by atoms with E-state index in [1.165, 1.54) is 12.8 Å². The molecule has 0 N–H and O–H groups in total. The summed E-state index contributed by atoms with van der Waals surface area (Å²) in [6.07, 6.45) is 3.60. The second-order valence-electron chi connectivity index (χ2n) is 7.03. The third-order valence-corrected chi connectivity index (χ3v) is 6.09. The second-order valence-corrected chi connectivity index (χ2v) is 7.41. The average Bonchev–Trinajstić information content (AvgIpc) is 3.22. The van der Waals surface area contributed by atoms with Crippen LogP contribution in [0.1, 0.15) is 42.4 Å². The predicted molar refractivity (Wildman–Crippen MR) is 86.3 cm³/mol. The lowest BCUT2D eigenvalue weighted by atomic mass is 9.80. The zero-order valence-corrected chi connectivity index (χ0v) is 14.6. The van der Waals surface area contributed by atoms with Crippen molar-refractivity contribution in [1.82, 2.24) is 24.8 Å². The van der Waals surface area contributed by atoms with Crippen molar-refractivity contribution in [3.63, 3.8) is 0 Å². The van der Waals surface area contributed by atoms with Gasteiger partial charge in [0.15, 0.2) is 5.82 Å². The first kappa shape index (κ1) is 15.1. The van der Waals surface area contributed by atoms with Crippen LogP contribution in [0, 0.1) is 19.8 Å². The molecule has 6 nitrogen and oxygen atoms in total. The van der Waals surface area contributed by atoms with Gasteiger partial charge in [0.05, 0.1) is 21.8 Å². The van der Waals surface area contributed by atoms with Gasteiger partial charge in [-0.05, 0) is 32.6 Å². The number of rotatable bonds is 3. The van der Waals surface area contributed by atoms with Crippen molar-refractivity contribution < 1.29 is 4.52 Å². The highest BCUT2D eigenvalue weighted by molar-refractivity contribution is 6.31. The molecular weight excluding hydrogens is 314 g/mol. The summed E-state index contributed by atoms with van der Waals surface area (Å²) in [7, 11) is 1.94. The molecule has 0 spiro atoms. The van der Waals surface area contributed by atoms with Crippen LogP contribution in [0.4, 0.5) is 0 Å². The van der Waals surface area contributed by atoms with E-state index in [0.29, 0.717) is 5.92 Å². The molecule has 2 atom stereocenters. The van der Waals surface area contributed by atoms with Crippen LogP contribution in [0.5, 0.6) is 0 Å². The van der Waals surface area contributed by atoms with Crippen molar-refractivity contribution in [2.24, 2.45) is 13.0 Å². The lowest BCUT2D eigenvalue weighted by Gasteiger charge is -2.24. The maximum absolute atomic E-state index is 6.42. The number of halogens is 1. The van der Waals surface area contributed by atoms with E-state index in [9.17, 15) is 0 Å². The zero-order valence-electron chi connectivity index (χ0n) is 13.8. The number of fused-ring (bicyclic) bond motifs is 1. The topological polar surface area (TPSA) is 60.0 Å². The van der Waals surface area contributed by atoms with Gasteiger partial charge in [-0.1, -0.05) is 23.2 Å². The van der Waals surface area contributed by atoms with Crippen molar-refractivity contribution in [3.8, 4) is 0 Å². The lowest BCUT2D eigenvalue weighted by Crippen LogP contribution is -2.32. The summed E-state index contributed by atoms with van der Waals surface area (Å²) in [6, 6.07) is 0. The largest absolute Gasteiger partial charge is 0.339 e. The molecule has 2 aromatic rings. The third-order valence-electron chi connectivity index (χ3n) is 5.60. The molecule has 7 heteroatoms. The number of hydrogen-bond donors (Lipinski definition) is 0. The molecular formula is C16H22ClN5O. The maximum atomic E-state index is 6.42. The van der Waals surface area contributed by atoms with Crippen LogP contribution in [0.3, 0.4) is 0 Å². The Morgan fingerprint density at radius 2 is 2.22 bits per heavy atom. The normalized spacial score (nSPS) is 27.7. The van der Waals surface area contributed by atoms with E-state index in [4.69, 9.17) is 16.1 Å². The van der Waals surface area contributed by atoms with Crippen LogP contribution in [0.15, 0.2) is 4.52 Å². The fourth-order valence-corrected chi connectivity index (χ4v) is 4.55. The lowest BCUT2D eigenvalue weighted by molar-refractivity contribution is 0.243. The smallest absolute Gasteiger partial charge is 0.234 e. The van der Waals surface area contributed by atoms with Gasteiger partial charge in [0.25, 0.3) is 0 Å². The van der Waals surface area contributed by atoms with Crippen molar-refractivity contribution >= 4 is 11.6 Å². The Bertz CT molecular complexity index is 739. The second kappa shape index (κ2) is 5.31. The zero-order chi connectivity index (χ0) is 16.2. The third kappa shape index (κ3) is 2.31. The van der Waals surface area contributed by atoms with Crippen LogP contribution in [0.25, 0.3) is 0 Å². The first-order valence-electron chi connectivity index (χ1n) is 8.21. The number of hydrogen-bond acceptors (Lipinski definition) is 5. The Balaban J connectivity index is 1.58. The molecule has 4 rings (SSSR count). The van der Waals surface area contributed by atoms with E-state index in [2.05, 4.69) is 20.1 Å². The maximum Gasteiger partial charge on any atom is 0.234 e. The SMILES string of the molecule is Cc1noc([C@]23CCC[C@H]2CN(Cc2nn(C)c(C)c2Cl)C3)n1. The van der Waals surface area contributed by atoms with Gasteiger partial charge in [-0.2, -0.15) is 10.1 Å². The first-order chi connectivity index (χ1) is 11.0. The van der Waals surface area contributed by atoms with Crippen molar-refractivity contribution in [2.75, 3.05) is 13.1 Å². The first-order valence-corrected chi connectivity index (χ1v) is 8.58. The Kier molecular flexibility index (Phi) is 3.50. The summed E-state index contributed by atoms with van der Waals surface area (Å²) in [4.78, 5) is 6.99. The molecule has 0 unspecified atom stereocenters. The van der Waals surface area contributed by atoms with Gasteiger partial charge < -0.3 is 4.52 Å². The molecule has 0 amide bonds. The molecule has 124 valence electrons. The fourth-order valence-electron chi connectivity index (χ4n) is 4.33. The molecule has 1 saturated carbocycles. The van der Waals surface area contributed by atoms with Gasteiger partial charge in [0, 0.05) is 26.7 Å². The average molecular weight is 336 g/mol. The van der Waals surface area contributed by atoms with E-state index in [-0.39, 0.29) is 5.41 Å².